The first kappa shape index (κ1) is 14.5. The molecule has 0 unspecified atom stereocenters. The van der Waals surface area contributed by atoms with Crippen LogP contribution in [0.4, 0.5) is 0 Å². The molecule has 0 spiro atoms. The van der Waals surface area contributed by atoms with E-state index in [4.69, 9.17) is 16.0 Å². The summed E-state index contributed by atoms with van der Waals surface area (Å²) in [6, 6.07) is 6.40. The summed E-state index contributed by atoms with van der Waals surface area (Å²) in [5, 5.41) is 20.5. The number of aryl methyl sites for hydroxylation is 1. The van der Waals surface area contributed by atoms with Gasteiger partial charge in [-0.15, -0.1) is 10.2 Å². The molecule has 6 nitrogen and oxygen atoms in total. The van der Waals surface area contributed by atoms with Gasteiger partial charge in [-0.25, -0.2) is 0 Å². The Balaban J connectivity index is 1.92. The molecule has 2 N–H and O–H groups in total. The predicted octanol–water partition coefficient (Wildman–Crippen LogP) is 1.64. The quantitative estimate of drug-likeness (QED) is 0.875. The largest absolute Gasteiger partial charge is 0.423 e. The number of rotatable bonds is 5. The Hall–Kier alpha value is -1.92. The highest BCUT2D eigenvalue weighted by molar-refractivity contribution is 6.30. The number of aromatic nitrogens is 2. The van der Waals surface area contributed by atoms with Crippen LogP contribution in [0.2, 0.25) is 5.02 Å². The first-order valence-electron chi connectivity index (χ1n) is 6.12. The van der Waals surface area contributed by atoms with E-state index in [-0.39, 0.29) is 6.54 Å². The summed E-state index contributed by atoms with van der Waals surface area (Å²) in [6.45, 7) is 1.97. The molecule has 0 aliphatic carbocycles. The molecular formula is C13H14ClN3O3. The molecule has 7 heteroatoms. The molecular weight excluding hydrogens is 282 g/mol. The number of nitrogens with one attached hydrogen (secondary N) is 1. The third-order valence-electron chi connectivity index (χ3n) is 2.66. The second-order valence-corrected chi connectivity index (χ2v) is 4.55. The SMILES string of the molecule is CCc1nnc(CNC(=O)[C@H](O)c2ccc(Cl)cc2)o1. The number of aliphatic hydroxyl groups is 1. The van der Waals surface area contributed by atoms with Crippen LogP contribution in [-0.4, -0.2) is 21.2 Å². The van der Waals surface area contributed by atoms with Crippen LogP contribution in [0, 0.1) is 0 Å². The molecule has 106 valence electrons. The van der Waals surface area contributed by atoms with Crippen molar-refractivity contribution in [2.45, 2.75) is 26.0 Å². The summed E-state index contributed by atoms with van der Waals surface area (Å²) in [5.41, 5.74) is 0.465. The number of hydrogen-bond acceptors (Lipinski definition) is 5. The third kappa shape index (κ3) is 3.55. The third-order valence-corrected chi connectivity index (χ3v) is 2.91. The summed E-state index contributed by atoms with van der Waals surface area (Å²) >= 11 is 5.74. The van der Waals surface area contributed by atoms with Gasteiger partial charge in [0.15, 0.2) is 6.10 Å². The second-order valence-electron chi connectivity index (χ2n) is 4.11. The van der Waals surface area contributed by atoms with Crippen LogP contribution in [-0.2, 0) is 17.8 Å². The Labute approximate surface area is 120 Å². The lowest BCUT2D eigenvalue weighted by molar-refractivity contribution is -0.129. The smallest absolute Gasteiger partial charge is 0.253 e. The monoisotopic (exact) mass is 295 g/mol. The number of benzene rings is 1. The Kier molecular flexibility index (Phi) is 4.70. The van der Waals surface area contributed by atoms with E-state index >= 15 is 0 Å². The molecule has 1 atom stereocenters. The standard InChI is InChI=1S/C13H14ClN3O3/c1-2-10-16-17-11(20-10)7-15-13(19)12(18)8-3-5-9(14)6-4-8/h3-6,12,18H,2,7H2,1H3,(H,15,19)/t12-/m1/s1. The molecule has 1 aromatic carbocycles. The van der Waals surface area contributed by atoms with Crippen molar-refractivity contribution < 1.29 is 14.3 Å². The average Bonchev–Trinajstić information content (AvgIpc) is 2.93. The van der Waals surface area contributed by atoms with E-state index in [0.29, 0.717) is 28.8 Å². The van der Waals surface area contributed by atoms with Crippen LogP contribution in [0.15, 0.2) is 28.7 Å². The van der Waals surface area contributed by atoms with Crippen molar-refractivity contribution in [3.8, 4) is 0 Å². The van der Waals surface area contributed by atoms with Gasteiger partial charge in [0.25, 0.3) is 5.91 Å². The maximum atomic E-state index is 11.8. The molecule has 0 fully saturated rings. The van der Waals surface area contributed by atoms with Gasteiger partial charge in [-0.2, -0.15) is 0 Å². The van der Waals surface area contributed by atoms with Gasteiger partial charge in [-0.1, -0.05) is 30.7 Å². The highest BCUT2D eigenvalue weighted by Gasteiger charge is 2.17. The van der Waals surface area contributed by atoms with Crippen molar-refractivity contribution in [2.75, 3.05) is 0 Å². The maximum absolute atomic E-state index is 11.8. The van der Waals surface area contributed by atoms with E-state index in [1.807, 2.05) is 6.92 Å². The maximum Gasteiger partial charge on any atom is 0.253 e. The van der Waals surface area contributed by atoms with Crippen molar-refractivity contribution in [1.82, 2.24) is 15.5 Å². The molecule has 1 aromatic heterocycles. The summed E-state index contributed by atoms with van der Waals surface area (Å²) in [5.74, 6) is 0.273. The summed E-state index contributed by atoms with van der Waals surface area (Å²) < 4.78 is 5.25. The minimum absolute atomic E-state index is 0.0798. The van der Waals surface area contributed by atoms with Gasteiger partial charge in [0.1, 0.15) is 0 Å². The van der Waals surface area contributed by atoms with Gasteiger partial charge in [0.05, 0.1) is 6.54 Å². The fraction of sp³-hybridized carbons (Fsp3) is 0.308. The highest BCUT2D eigenvalue weighted by atomic mass is 35.5. The Morgan fingerprint density at radius 3 is 2.60 bits per heavy atom. The summed E-state index contributed by atoms with van der Waals surface area (Å²) in [7, 11) is 0. The fourth-order valence-corrected chi connectivity index (χ4v) is 1.68. The van der Waals surface area contributed by atoms with Crippen molar-refractivity contribution in [1.29, 1.82) is 0 Å². The number of carbonyl (C=O) groups is 1. The highest BCUT2D eigenvalue weighted by Crippen LogP contribution is 2.16. The van der Waals surface area contributed by atoms with Gasteiger partial charge >= 0.3 is 0 Å². The zero-order valence-electron chi connectivity index (χ0n) is 10.8. The molecule has 0 aliphatic rings. The first-order chi connectivity index (χ1) is 9.60. The molecule has 0 radical (unpaired) electrons. The molecule has 0 saturated heterocycles. The number of hydrogen-bond donors (Lipinski definition) is 2. The minimum atomic E-state index is -1.26. The van der Waals surface area contributed by atoms with Crippen molar-refractivity contribution in [3.05, 3.63) is 46.6 Å². The van der Waals surface area contributed by atoms with Crippen LogP contribution in [0.3, 0.4) is 0 Å². The lowest BCUT2D eigenvalue weighted by Gasteiger charge is -2.10. The van der Waals surface area contributed by atoms with Gasteiger partial charge in [0, 0.05) is 11.4 Å². The normalized spacial score (nSPS) is 12.2. The second kappa shape index (κ2) is 6.49. The number of nitrogens with zero attached hydrogens (tertiary/aromatic N) is 2. The van der Waals surface area contributed by atoms with E-state index in [0.717, 1.165) is 0 Å². The van der Waals surface area contributed by atoms with Gasteiger partial charge in [-0.3, -0.25) is 4.79 Å². The lowest BCUT2D eigenvalue weighted by Crippen LogP contribution is -2.28. The van der Waals surface area contributed by atoms with E-state index < -0.39 is 12.0 Å². The van der Waals surface area contributed by atoms with Crippen molar-refractivity contribution in [3.63, 3.8) is 0 Å². The minimum Gasteiger partial charge on any atom is -0.423 e. The van der Waals surface area contributed by atoms with E-state index in [9.17, 15) is 9.90 Å². The fourth-order valence-electron chi connectivity index (χ4n) is 1.56. The Morgan fingerprint density at radius 2 is 2.00 bits per heavy atom. The van der Waals surface area contributed by atoms with Gasteiger partial charge in [0.2, 0.25) is 11.8 Å². The predicted molar refractivity (Wildman–Crippen MR) is 71.9 cm³/mol. The van der Waals surface area contributed by atoms with Crippen LogP contribution in [0.25, 0.3) is 0 Å². The molecule has 2 rings (SSSR count). The molecule has 1 amide bonds. The molecule has 0 aliphatic heterocycles. The number of amides is 1. The Bertz CT molecular complexity index is 583. The van der Waals surface area contributed by atoms with Crippen molar-refractivity contribution in [2.24, 2.45) is 0 Å². The zero-order chi connectivity index (χ0) is 14.5. The van der Waals surface area contributed by atoms with Gasteiger partial charge < -0.3 is 14.8 Å². The molecule has 1 heterocycles. The average molecular weight is 296 g/mol. The zero-order valence-corrected chi connectivity index (χ0v) is 11.6. The first-order valence-corrected chi connectivity index (χ1v) is 6.50. The van der Waals surface area contributed by atoms with E-state index in [1.54, 1.807) is 24.3 Å². The van der Waals surface area contributed by atoms with E-state index in [1.165, 1.54) is 0 Å². The number of carbonyl (C=O) groups excluding carboxylic acids is 1. The summed E-state index contributed by atoms with van der Waals surface area (Å²) in [6.07, 6.45) is -0.630. The van der Waals surface area contributed by atoms with Crippen LogP contribution in [0.5, 0.6) is 0 Å². The number of aliphatic hydroxyl groups excluding tert-OH is 1. The summed E-state index contributed by atoms with van der Waals surface area (Å²) in [4.78, 5) is 11.8. The van der Waals surface area contributed by atoms with Crippen LogP contribution in [0.1, 0.15) is 30.4 Å². The molecule has 0 bridgehead atoms. The molecule has 20 heavy (non-hydrogen) atoms. The topological polar surface area (TPSA) is 88.2 Å². The Morgan fingerprint density at radius 1 is 1.35 bits per heavy atom. The molecule has 0 saturated carbocycles. The van der Waals surface area contributed by atoms with E-state index in [2.05, 4.69) is 15.5 Å². The van der Waals surface area contributed by atoms with Crippen LogP contribution < -0.4 is 5.32 Å². The number of halogens is 1. The molecule has 2 aromatic rings. The lowest BCUT2D eigenvalue weighted by atomic mass is 10.1. The van der Waals surface area contributed by atoms with Crippen LogP contribution >= 0.6 is 11.6 Å². The van der Waals surface area contributed by atoms with Crippen molar-refractivity contribution >= 4 is 17.5 Å². The van der Waals surface area contributed by atoms with Gasteiger partial charge in [-0.05, 0) is 17.7 Å².